The molecule has 1 saturated carbocycles. The SMILES string of the molecule is CCN(CC1(O)CCCC1)c1cccc(C)c1. The minimum Gasteiger partial charge on any atom is -0.388 e. The van der Waals surface area contributed by atoms with E-state index in [1.165, 1.54) is 24.1 Å². The van der Waals surface area contributed by atoms with Gasteiger partial charge in [0.15, 0.2) is 0 Å². The van der Waals surface area contributed by atoms with Crippen molar-refractivity contribution in [3.05, 3.63) is 29.8 Å². The summed E-state index contributed by atoms with van der Waals surface area (Å²) in [4.78, 5) is 2.29. The predicted molar refractivity (Wildman–Crippen MR) is 72.5 cm³/mol. The van der Waals surface area contributed by atoms with Gasteiger partial charge in [-0.1, -0.05) is 25.0 Å². The van der Waals surface area contributed by atoms with Gasteiger partial charge in [0, 0.05) is 18.8 Å². The molecule has 0 aliphatic heterocycles. The Balaban J connectivity index is 2.11. The summed E-state index contributed by atoms with van der Waals surface area (Å²) in [6.07, 6.45) is 4.24. The predicted octanol–water partition coefficient (Wildman–Crippen LogP) is 3.13. The first-order valence-corrected chi connectivity index (χ1v) is 6.67. The zero-order chi connectivity index (χ0) is 12.3. The van der Waals surface area contributed by atoms with Crippen LogP contribution in [-0.2, 0) is 0 Å². The molecule has 1 N–H and O–H groups in total. The molecule has 0 aromatic heterocycles. The van der Waals surface area contributed by atoms with Crippen LogP contribution in [0.4, 0.5) is 5.69 Å². The maximum Gasteiger partial charge on any atom is 0.0821 e. The van der Waals surface area contributed by atoms with Crippen LogP contribution in [0.1, 0.15) is 38.2 Å². The minimum atomic E-state index is -0.459. The van der Waals surface area contributed by atoms with Crippen LogP contribution < -0.4 is 4.90 Å². The Morgan fingerprint density at radius 3 is 2.59 bits per heavy atom. The van der Waals surface area contributed by atoms with Crippen LogP contribution in [0.3, 0.4) is 0 Å². The summed E-state index contributed by atoms with van der Waals surface area (Å²) in [5.74, 6) is 0. The molecular formula is C15H23NO. The summed E-state index contributed by atoms with van der Waals surface area (Å²) in [5.41, 5.74) is 2.05. The van der Waals surface area contributed by atoms with Crippen molar-refractivity contribution in [1.29, 1.82) is 0 Å². The van der Waals surface area contributed by atoms with Crippen molar-refractivity contribution in [2.45, 2.75) is 45.1 Å². The molecule has 0 heterocycles. The molecule has 2 heteroatoms. The maximum atomic E-state index is 10.5. The van der Waals surface area contributed by atoms with Crippen LogP contribution in [-0.4, -0.2) is 23.8 Å². The van der Waals surface area contributed by atoms with Gasteiger partial charge in [0.2, 0.25) is 0 Å². The highest BCUT2D eigenvalue weighted by Gasteiger charge is 2.32. The lowest BCUT2D eigenvalue weighted by Crippen LogP contribution is -2.41. The highest BCUT2D eigenvalue weighted by Crippen LogP contribution is 2.31. The van der Waals surface area contributed by atoms with Gasteiger partial charge in [-0.05, 0) is 44.4 Å². The van der Waals surface area contributed by atoms with Gasteiger partial charge < -0.3 is 10.0 Å². The van der Waals surface area contributed by atoms with E-state index in [1.54, 1.807) is 0 Å². The molecule has 17 heavy (non-hydrogen) atoms. The molecule has 0 atom stereocenters. The average molecular weight is 233 g/mol. The molecule has 1 aromatic rings. The van der Waals surface area contributed by atoms with Crippen LogP contribution in [0.25, 0.3) is 0 Å². The van der Waals surface area contributed by atoms with Crippen LogP contribution in [0.2, 0.25) is 0 Å². The molecule has 2 nitrogen and oxygen atoms in total. The third-order valence-corrected chi connectivity index (χ3v) is 3.77. The van der Waals surface area contributed by atoms with Crippen molar-refractivity contribution >= 4 is 5.69 Å². The number of aliphatic hydroxyl groups is 1. The molecule has 1 aromatic carbocycles. The van der Waals surface area contributed by atoms with Gasteiger partial charge >= 0.3 is 0 Å². The summed E-state index contributed by atoms with van der Waals surface area (Å²) in [6.45, 7) is 5.99. The Morgan fingerprint density at radius 2 is 2.00 bits per heavy atom. The Hall–Kier alpha value is -1.02. The number of rotatable bonds is 4. The number of benzene rings is 1. The van der Waals surface area contributed by atoms with Crippen molar-refractivity contribution in [2.24, 2.45) is 0 Å². The Morgan fingerprint density at radius 1 is 1.29 bits per heavy atom. The van der Waals surface area contributed by atoms with Gasteiger partial charge in [0.25, 0.3) is 0 Å². The van der Waals surface area contributed by atoms with Crippen molar-refractivity contribution < 1.29 is 5.11 Å². The van der Waals surface area contributed by atoms with E-state index in [9.17, 15) is 5.11 Å². The van der Waals surface area contributed by atoms with Crippen LogP contribution in [0, 0.1) is 6.92 Å². The number of anilines is 1. The molecule has 2 rings (SSSR count). The van der Waals surface area contributed by atoms with E-state index in [1.807, 2.05) is 0 Å². The molecule has 0 bridgehead atoms. The first kappa shape index (κ1) is 12.4. The molecule has 0 saturated heterocycles. The quantitative estimate of drug-likeness (QED) is 0.863. The van der Waals surface area contributed by atoms with Crippen molar-refractivity contribution in [3.63, 3.8) is 0 Å². The largest absolute Gasteiger partial charge is 0.388 e. The molecule has 1 aliphatic carbocycles. The van der Waals surface area contributed by atoms with E-state index in [2.05, 4.69) is 43.0 Å². The van der Waals surface area contributed by atoms with Crippen LogP contribution >= 0.6 is 0 Å². The van der Waals surface area contributed by atoms with Gasteiger partial charge in [0.05, 0.1) is 5.60 Å². The van der Waals surface area contributed by atoms with E-state index in [0.717, 1.165) is 25.9 Å². The summed E-state index contributed by atoms with van der Waals surface area (Å²) < 4.78 is 0. The van der Waals surface area contributed by atoms with Gasteiger partial charge in [0.1, 0.15) is 0 Å². The van der Waals surface area contributed by atoms with E-state index in [-0.39, 0.29) is 0 Å². The zero-order valence-corrected chi connectivity index (χ0v) is 10.9. The molecule has 1 fully saturated rings. The number of hydrogen-bond acceptors (Lipinski definition) is 2. The van der Waals surface area contributed by atoms with E-state index < -0.39 is 5.60 Å². The number of hydrogen-bond donors (Lipinski definition) is 1. The summed E-state index contributed by atoms with van der Waals surface area (Å²) in [7, 11) is 0. The number of aryl methyl sites for hydroxylation is 1. The van der Waals surface area contributed by atoms with E-state index in [0.29, 0.717) is 0 Å². The van der Waals surface area contributed by atoms with Crippen LogP contribution in [0.5, 0.6) is 0 Å². The lowest BCUT2D eigenvalue weighted by atomic mass is 10.0. The molecule has 0 unspecified atom stereocenters. The van der Waals surface area contributed by atoms with Crippen molar-refractivity contribution in [2.75, 3.05) is 18.0 Å². The summed E-state index contributed by atoms with van der Waals surface area (Å²) >= 11 is 0. The lowest BCUT2D eigenvalue weighted by Gasteiger charge is -2.32. The van der Waals surface area contributed by atoms with Crippen LogP contribution in [0.15, 0.2) is 24.3 Å². The maximum absolute atomic E-state index is 10.5. The first-order valence-electron chi connectivity index (χ1n) is 6.67. The fourth-order valence-electron chi connectivity index (χ4n) is 2.76. The molecule has 0 spiro atoms. The summed E-state index contributed by atoms with van der Waals surface area (Å²) in [5, 5.41) is 10.5. The van der Waals surface area contributed by atoms with Gasteiger partial charge in [-0.15, -0.1) is 0 Å². The fraction of sp³-hybridized carbons (Fsp3) is 0.600. The van der Waals surface area contributed by atoms with Crippen molar-refractivity contribution in [3.8, 4) is 0 Å². The fourth-order valence-corrected chi connectivity index (χ4v) is 2.76. The monoisotopic (exact) mass is 233 g/mol. The Bertz CT molecular complexity index is 369. The highest BCUT2D eigenvalue weighted by molar-refractivity contribution is 5.48. The molecule has 0 amide bonds. The average Bonchev–Trinajstić information content (AvgIpc) is 2.73. The molecule has 0 radical (unpaired) electrons. The first-order chi connectivity index (χ1) is 8.13. The van der Waals surface area contributed by atoms with Crippen molar-refractivity contribution in [1.82, 2.24) is 0 Å². The second kappa shape index (κ2) is 5.09. The Kier molecular flexibility index (Phi) is 3.72. The third-order valence-electron chi connectivity index (χ3n) is 3.77. The minimum absolute atomic E-state index is 0.459. The zero-order valence-electron chi connectivity index (χ0n) is 10.9. The van der Waals surface area contributed by atoms with E-state index >= 15 is 0 Å². The number of nitrogens with zero attached hydrogens (tertiary/aromatic N) is 1. The summed E-state index contributed by atoms with van der Waals surface area (Å²) in [6, 6.07) is 8.53. The topological polar surface area (TPSA) is 23.5 Å². The molecular weight excluding hydrogens is 210 g/mol. The molecule has 1 aliphatic rings. The Labute approximate surface area is 104 Å². The van der Waals surface area contributed by atoms with Gasteiger partial charge in [-0.3, -0.25) is 0 Å². The third kappa shape index (κ3) is 3.01. The lowest BCUT2D eigenvalue weighted by molar-refractivity contribution is 0.0550. The van der Waals surface area contributed by atoms with Gasteiger partial charge in [-0.2, -0.15) is 0 Å². The van der Waals surface area contributed by atoms with Gasteiger partial charge in [-0.25, -0.2) is 0 Å². The number of likely N-dealkylation sites (N-methyl/N-ethyl adjacent to an activating group) is 1. The standard InChI is InChI=1S/C15H23NO/c1-3-16(12-15(17)9-4-5-10-15)14-8-6-7-13(2)11-14/h6-8,11,17H,3-5,9-10,12H2,1-2H3. The normalized spacial score (nSPS) is 18.3. The second-order valence-corrected chi connectivity index (χ2v) is 5.28. The second-order valence-electron chi connectivity index (χ2n) is 5.28. The van der Waals surface area contributed by atoms with E-state index in [4.69, 9.17) is 0 Å². The smallest absolute Gasteiger partial charge is 0.0821 e. The molecule has 94 valence electrons. The highest BCUT2D eigenvalue weighted by atomic mass is 16.3.